The lowest BCUT2D eigenvalue weighted by Gasteiger charge is -2.26. The van der Waals surface area contributed by atoms with Crippen LogP contribution >= 0.6 is 11.3 Å². The van der Waals surface area contributed by atoms with Crippen LogP contribution in [-0.4, -0.2) is 57.0 Å². The van der Waals surface area contributed by atoms with Gasteiger partial charge in [0.1, 0.15) is 21.0 Å². The standard InChI is InChI=1S/C26H22N6O2S/c33-24(21-8-7-18-4-3-9-27-23(18)29-21)30-20-6-2-1-5-19(20)25-31-22-14-17(15-28-26(22)35-25)16-32-10-12-34-13-11-32/h1-9,14-15H,10-13,16H2,(H,30,33). The number of ether oxygens (including phenoxy) is 1. The molecule has 0 atom stereocenters. The lowest BCUT2D eigenvalue weighted by atomic mass is 10.1. The summed E-state index contributed by atoms with van der Waals surface area (Å²) >= 11 is 1.51. The smallest absolute Gasteiger partial charge is 0.274 e. The molecular formula is C26H22N6O2S. The van der Waals surface area contributed by atoms with E-state index < -0.39 is 0 Å². The summed E-state index contributed by atoms with van der Waals surface area (Å²) in [6.45, 7) is 4.22. The predicted molar refractivity (Wildman–Crippen MR) is 136 cm³/mol. The molecule has 1 saturated heterocycles. The third-order valence-electron chi connectivity index (χ3n) is 5.92. The number of morpholine rings is 1. The quantitative estimate of drug-likeness (QED) is 0.397. The molecule has 5 aromatic rings. The minimum absolute atomic E-state index is 0.294. The van der Waals surface area contributed by atoms with Crippen LogP contribution in [0.3, 0.4) is 0 Å². The van der Waals surface area contributed by atoms with E-state index in [1.54, 1.807) is 12.3 Å². The number of nitrogens with zero attached hydrogens (tertiary/aromatic N) is 5. The highest BCUT2D eigenvalue weighted by Crippen LogP contribution is 2.34. The summed E-state index contributed by atoms with van der Waals surface area (Å²) < 4.78 is 5.44. The van der Waals surface area contributed by atoms with Gasteiger partial charge in [0, 0.05) is 43.0 Å². The number of carbonyl (C=O) groups excluding carboxylic acids is 1. The first-order chi connectivity index (χ1) is 17.2. The van der Waals surface area contributed by atoms with Crippen molar-refractivity contribution in [3.63, 3.8) is 0 Å². The average Bonchev–Trinajstić information content (AvgIpc) is 3.32. The van der Waals surface area contributed by atoms with Crippen molar-refractivity contribution in [1.29, 1.82) is 0 Å². The van der Waals surface area contributed by atoms with E-state index in [4.69, 9.17) is 9.72 Å². The molecule has 6 rings (SSSR count). The number of nitrogens with one attached hydrogen (secondary N) is 1. The van der Waals surface area contributed by atoms with Gasteiger partial charge >= 0.3 is 0 Å². The van der Waals surface area contributed by atoms with Gasteiger partial charge in [-0.25, -0.2) is 19.9 Å². The Kier molecular flexibility index (Phi) is 5.87. The van der Waals surface area contributed by atoms with Gasteiger partial charge in [-0.1, -0.05) is 23.5 Å². The Balaban J connectivity index is 1.26. The van der Waals surface area contributed by atoms with Gasteiger partial charge in [-0.3, -0.25) is 9.69 Å². The van der Waals surface area contributed by atoms with Crippen molar-refractivity contribution in [3.05, 3.63) is 78.2 Å². The summed E-state index contributed by atoms with van der Waals surface area (Å²) in [6, 6.07) is 17.1. The molecule has 0 saturated carbocycles. The van der Waals surface area contributed by atoms with Crippen LogP contribution in [0.4, 0.5) is 5.69 Å². The van der Waals surface area contributed by atoms with E-state index in [2.05, 4.69) is 31.2 Å². The highest BCUT2D eigenvalue weighted by Gasteiger charge is 2.16. The molecule has 0 radical (unpaired) electrons. The Morgan fingerprint density at radius 2 is 1.91 bits per heavy atom. The number of amides is 1. The third kappa shape index (κ3) is 4.61. The molecule has 0 spiro atoms. The maximum atomic E-state index is 13.0. The highest BCUT2D eigenvalue weighted by atomic mass is 32.1. The number of rotatable bonds is 5. The van der Waals surface area contributed by atoms with Crippen molar-refractivity contribution in [2.75, 3.05) is 31.6 Å². The van der Waals surface area contributed by atoms with E-state index in [0.717, 1.165) is 64.7 Å². The third-order valence-corrected chi connectivity index (χ3v) is 6.93. The van der Waals surface area contributed by atoms with E-state index >= 15 is 0 Å². The minimum atomic E-state index is -0.294. The molecule has 1 aliphatic rings. The zero-order valence-corrected chi connectivity index (χ0v) is 19.7. The SMILES string of the molecule is O=C(Nc1ccccc1-c1nc2cc(CN3CCOCC3)cnc2s1)c1ccc2cccnc2n1. The number of para-hydroxylation sites is 1. The Bertz CT molecular complexity index is 1530. The van der Waals surface area contributed by atoms with E-state index in [9.17, 15) is 4.79 Å². The van der Waals surface area contributed by atoms with Crippen molar-refractivity contribution in [2.45, 2.75) is 6.54 Å². The first-order valence-electron chi connectivity index (χ1n) is 11.4. The molecule has 4 aromatic heterocycles. The molecular weight excluding hydrogens is 460 g/mol. The Morgan fingerprint density at radius 1 is 1.03 bits per heavy atom. The Morgan fingerprint density at radius 3 is 2.83 bits per heavy atom. The second-order valence-electron chi connectivity index (χ2n) is 8.32. The number of aromatic nitrogens is 4. The number of pyridine rings is 3. The Hall–Kier alpha value is -3.79. The van der Waals surface area contributed by atoms with Gasteiger partial charge < -0.3 is 10.1 Å². The molecule has 0 unspecified atom stereocenters. The molecule has 1 amide bonds. The summed E-state index contributed by atoms with van der Waals surface area (Å²) in [4.78, 5) is 34.4. The van der Waals surface area contributed by atoms with Crippen molar-refractivity contribution < 1.29 is 9.53 Å². The number of fused-ring (bicyclic) bond motifs is 2. The van der Waals surface area contributed by atoms with Crippen LogP contribution in [0.2, 0.25) is 0 Å². The molecule has 1 fully saturated rings. The first-order valence-corrected chi connectivity index (χ1v) is 12.2. The molecule has 1 aliphatic heterocycles. The van der Waals surface area contributed by atoms with E-state index in [-0.39, 0.29) is 5.91 Å². The number of hydrogen-bond donors (Lipinski definition) is 1. The van der Waals surface area contributed by atoms with Gasteiger partial charge in [0.05, 0.1) is 18.9 Å². The van der Waals surface area contributed by atoms with Crippen LogP contribution in [0, 0.1) is 0 Å². The summed E-state index contributed by atoms with van der Waals surface area (Å²) in [5, 5.41) is 4.69. The van der Waals surface area contributed by atoms with E-state index in [1.807, 2.05) is 48.7 Å². The zero-order valence-electron chi connectivity index (χ0n) is 18.8. The van der Waals surface area contributed by atoms with Crippen LogP contribution < -0.4 is 5.32 Å². The molecule has 0 aliphatic carbocycles. The van der Waals surface area contributed by atoms with Crippen molar-refractivity contribution in [2.24, 2.45) is 0 Å². The van der Waals surface area contributed by atoms with E-state index in [0.29, 0.717) is 17.0 Å². The van der Waals surface area contributed by atoms with Gasteiger partial charge in [0.25, 0.3) is 5.91 Å². The molecule has 8 nitrogen and oxygen atoms in total. The average molecular weight is 483 g/mol. The van der Waals surface area contributed by atoms with Gasteiger partial charge in [-0.05, 0) is 48.0 Å². The maximum absolute atomic E-state index is 13.0. The number of benzene rings is 1. The molecule has 174 valence electrons. The summed E-state index contributed by atoms with van der Waals surface area (Å²) in [5.41, 5.74) is 4.36. The van der Waals surface area contributed by atoms with Gasteiger partial charge in [0.2, 0.25) is 0 Å². The first kappa shape index (κ1) is 21.7. The number of thiazole rings is 1. The van der Waals surface area contributed by atoms with Gasteiger partial charge in [-0.2, -0.15) is 0 Å². The van der Waals surface area contributed by atoms with Crippen LogP contribution in [0.15, 0.2) is 67.0 Å². The fourth-order valence-corrected chi connectivity index (χ4v) is 5.06. The minimum Gasteiger partial charge on any atom is -0.379 e. The summed E-state index contributed by atoms with van der Waals surface area (Å²) in [6.07, 6.45) is 3.59. The largest absolute Gasteiger partial charge is 0.379 e. The topological polar surface area (TPSA) is 93.1 Å². The van der Waals surface area contributed by atoms with Crippen molar-refractivity contribution >= 4 is 44.3 Å². The summed E-state index contributed by atoms with van der Waals surface area (Å²) in [7, 11) is 0. The van der Waals surface area contributed by atoms with Crippen LogP contribution in [0.1, 0.15) is 16.1 Å². The molecule has 5 heterocycles. The van der Waals surface area contributed by atoms with Gasteiger partial charge in [0.15, 0.2) is 5.65 Å². The highest BCUT2D eigenvalue weighted by molar-refractivity contribution is 7.21. The van der Waals surface area contributed by atoms with Gasteiger partial charge in [-0.15, -0.1) is 0 Å². The number of anilines is 1. The fourth-order valence-electron chi connectivity index (χ4n) is 4.13. The Labute approximate surface area is 205 Å². The second-order valence-corrected chi connectivity index (χ2v) is 9.30. The van der Waals surface area contributed by atoms with Crippen LogP contribution in [0.5, 0.6) is 0 Å². The van der Waals surface area contributed by atoms with Crippen LogP contribution in [0.25, 0.3) is 32.0 Å². The number of carbonyl (C=O) groups is 1. The van der Waals surface area contributed by atoms with Crippen LogP contribution in [-0.2, 0) is 11.3 Å². The van der Waals surface area contributed by atoms with Crippen molar-refractivity contribution in [3.8, 4) is 10.6 Å². The normalized spacial score (nSPS) is 14.4. The monoisotopic (exact) mass is 482 g/mol. The predicted octanol–water partition coefficient (Wildman–Crippen LogP) is 4.39. The number of hydrogen-bond acceptors (Lipinski definition) is 8. The van der Waals surface area contributed by atoms with E-state index in [1.165, 1.54) is 11.3 Å². The lowest BCUT2D eigenvalue weighted by Crippen LogP contribution is -2.35. The maximum Gasteiger partial charge on any atom is 0.274 e. The molecule has 9 heteroatoms. The zero-order chi connectivity index (χ0) is 23.6. The lowest BCUT2D eigenvalue weighted by molar-refractivity contribution is 0.0341. The molecule has 35 heavy (non-hydrogen) atoms. The van der Waals surface area contributed by atoms with Crippen molar-refractivity contribution in [1.82, 2.24) is 24.8 Å². The fraction of sp³-hybridized carbons (Fsp3) is 0.192. The molecule has 1 N–H and O–H groups in total. The molecule has 1 aromatic carbocycles. The second kappa shape index (κ2) is 9.46. The molecule has 0 bridgehead atoms. The summed E-state index contributed by atoms with van der Waals surface area (Å²) in [5.74, 6) is -0.294.